The van der Waals surface area contributed by atoms with Gasteiger partial charge in [-0.2, -0.15) is 5.26 Å². The number of fused-ring (bicyclic) bond motifs is 1. The van der Waals surface area contributed by atoms with E-state index in [-0.39, 0.29) is 30.7 Å². The van der Waals surface area contributed by atoms with Crippen LogP contribution in [0.15, 0.2) is 66.0 Å². The fourth-order valence-corrected chi connectivity index (χ4v) is 6.36. The second-order valence-corrected chi connectivity index (χ2v) is 11.2. The number of carboxylic acids is 1. The number of hydrogen-bond acceptors (Lipinski definition) is 4. The number of hydrogen-bond donors (Lipinski definition) is 2. The largest absolute Gasteiger partial charge is 0.481 e. The first-order valence-corrected chi connectivity index (χ1v) is 14.4. The Labute approximate surface area is 242 Å². The number of halogens is 2. The zero-order valence-electron chi connectivity index (χ0n) is 21.4. The summed E-state index contributed by atoms with van der Waals surface area (Å²) < 4.78 is 0.915. The molecule has 0 bridgehead atoms. The highest BCUT2D eigenvalue weighted by atomic mass is 35.5. The maximum absolute atomic E-state index is 12.5. The second kappa shape index (κ2) is 13.1. The topological polar surface area (TPSA) is 90.2 Å². The van der Waals surface area contributed by atoms with E-state index >= 15 is 0 Å². The van der Waals surface area contributed by atoms with Crippen LogP contribution in [0.3, 0.4) is 0 Å². The van der Waals surface area contributed by atoms with Crippen molar-refractivity contribution in [3.8, 4) is 6.07 Å². The fraction of sp³-hybridized carbons (Fsp3) is 0.258. The highest BCUT2D eigenvalue weighted by Gasteiger charge is 2.29. The molecule has 0 radical (unpaired) electrons. The molecule has 0 aliphatic heterocycles. The van der Waals surface area contributed by atoms with Crippen LogP contribution in [0.5, 0.6) is 0 Å². The first kappa shape index (κ1) is 28.6. The minimum absolute atomic E-state index is 0.0391. The molecule has 0 saturated heterocycles. The van der Waals surface area contributed by atoms with Gasteiger partial charge in [0.2, 0.25) is 0 Å². The summed E-state index contributed by atoms with van der Waals surface area (Å²) in [5.74, 6) is -1.22. The van der Waals surface area contributed by atoms with E-state index in [4.69, 9.17) is 28.3 Å². The monoisotopic (exact) mass is 578 g/mol. The van der Waals surface area contributed by atoms with Crippen molar-refractivity contribution in [2.24, 2.45) is 0 Å². The lowest BCUT2D eigenvalue weighted by Crippen LogP contribution is -2.26. The van der Waals surface area contributed by atoms with Gasteiger partial charge < -0.3 is 10.4 Å². The van der Waals surface area contributed by atoms with Crippen LogP contribution < -0.4 is 5.32 Å². The average Bonchev–Trinajstić information content (AvgIpc) is 3.34. The van der Waals surface area contributed by atoms with Gasteiger partial charge in [-0.25, -0.2) is 0 Å². The quantitative estimate of drug-likeness (QED) is 0.187. The van der Waals surface area contributed by atoms with E-state index in [0.717, 1.165) is 46.0 Å². The minimum Gasteiger partial charge on any atom is -0.481 e. The maximum Gasteiger partial charge on any atom is 0.305 e. The number of nitrogens with zero attached hydrogens (tertiary/aromatic N) is 1. The molecule has 4 rings (SSSR count). The van der Waals surface area contributed by atoms with E-state index in [2.05, 4.69) is 35.8 Å². The molecule has 0 fully saturated rings. The van der Waals surface area contributed by atoms with Crippen molar-refractivity contribution in [2.75, 3.05) is 6.54 Å². The number of thiophene rings is 1. The lowest BCUT2D eigenvalue weighted by atomic mass is 9.74. The molecule has 1 amide bonds. The molecule has 39 heavy (non-hydrogen) atoms. The number of carbonyl (C=O) groups excluding carboxylic acids is 1. The number of benzene rings is 3. The van der Waals surface area contributed by atoms with Gasteiger partial charge in [-0.15, -0.1) is 11.3 Å². The highest BCUT2D eigenvalue weighted by Crippen LogP contribution is 2.46. The Morgan fingerprint density at radius 1 is 1.03 bits per heavy atom. The molecule has 2 atom stereocenters. The third-order valence-electron chi connectivity index (χ3n) is 6.85. The molecule has 3 aromatic carbocycles. The molecule has 0 spiro atoms. The van der Waals surface area contributed by atoms with E-state index < -0.39 is 5.97 Å². The predicted octanol–water partition coefficient (Wildman–Crippen LogP) is 8.39. The number of carbonyl (C=O) groups is 2. The van der Waals surface area contributed by atoms with Crippen LogP contribution in [0.1, 0.15) is 77.1 Å². The Morgan fingerprint density at radius 3 is 2.36 bits per heavy atom. The standard InChI is InChI=1S/C31H28Cl2N2O3S/c1-2-3-4-25(19-5-7-21(8-6-19)31(38)35-14-13-28(36)37)29(20-9-11-23(32)12-10-20)27-18-39-30-22(17-34)15-24(33)16-26(27)30/h5-12,15-16,18,25,29H,2-4,13-14H2,1H3,(H,35,38)(H,36,37)/t25-,29?/m1/s1. The fourth-order valence-electron chi connectivity index (χ4n) is 4.96. The smallest absolute Gasteiger partial charge is 0.305 e. The van der Waals surface area contributed by atoms with E-state index in [9.17, 15) is 14.9 Å². The molecular formula is C31H28Cl2N2O3S. The first-order chi connectivity index (χ1) is 18.8. The maximum atomic E-state index is 12.5. The number of amides is 1. The summed E-state index contributed by atoms with van der Waals surface area (Å²) in [6.07, 6.45) is 2.83. The molecule has 4 aromatic rings. The molecule has 0 saturated carbocycles. The lowest BCUT2D eigenvalue weighted by Gasteiger charge is -2.29. The van der Waals surface area contributed by atoms with Crippen molar-refractivity contribution in [1.29, 1.82) is 5.26 Å². The summed E-state index contributed by atoms with van der Waals surface area (Å²) in [5.41, 5.74) is 4.34. The molecule has 1 unspecified atom stereocenters. The first-order valence-electron chi connectivity index (χ1n) is 12.8. The molecule has 200 valence electrons. The summed E-state index contributed by atoms with van der Waals surface area (Å²) in [6, 6.07) is 21.4. The molecule has 8 heteroatoms. The Morgan fingerprint density at radius 2 is 1.72 bits per heavy atom. The van der Waals surface area contributed by atoms with Gasteiger partial charge in [0.1, 0.15) is 6.07 Å². The molecule has 5 nitrogen and oxygen atoms in total. The number of nitriles is 1. The van der Waals surface area contributed by atoms with Gasteiger partial charge in [-0.1, -0.05) is 67.2 Å². The van der Waals surface area contributed by atoms with Crippen LogP contribution in [-0.4, -0.2) is 23.5 Å². The Balaban J connectivity index is 1.79. The number of rotatable bonds is 11. The molecule has 1 heterocycles. The van der Waals surface area contributed by atoms with E-state index in [0.29, 0.717) is 21.2 Å². The van der Waals surface area contributed by atoms with Crippen molar-refractivity contribution in [3.63, 3.8) is 0 Å². The molecule has 0 aliphatic carbocycles. The summed E-state index contributed by atoms with van der Waals surface area (Å²) >= 11 is 14.3. The van der Waals surface area contributed by atoms with Gasteiger partial charge in [0.05, 0.1) is 16.7 Å². The van der Waals surface area contributed by atoms with Gasteiger partial charge in [0, 0.05) is 28.1 Å². The van der Waals surface area contributed by atoms with Gasteiger partial charge in [0.25, 0.3) is 5.91 Å². The van der Waals surface area contributed by atoms with Crippen LogP contribution in [0.2, 0.25) is 10.0 Å². The Hall–Kier alpha value is -3.37. The zero-order chi connectivity index (χ0) is 27.9. The average molecular weight is 580 g/mol. The van der Waals surface area contributed by atoms with E-state index in [1.807, 2.05) is 30.3 Å². The van der Waals surface area contributed by atoms with Gasteiger partial charge in [-0.05, 0) is 76.2 Å². The SMILES string of the molecule is CCCC[C@H](c1ccc(C(=O)NCCC(=O)O)cc1)C(c1ccc(Cl)cc1)c1csc2c(C#N)cc(Cl)cc12. The van der Waals surface area contributed by atoms with Gasteiger partial charge >= 0.3 is 5.97 Å². The van der Waals surface area contributed by atoms with Crippen LogP contribution in [0.25, 0.3) is 10.1 Å². The second-order valence-electron chi connectivity index (χ2n) is 9.43. The van der Waals surface area contributed by atoms with Crippen molar-refractivity contribution in [1.82, 2.24) is 5.32 Å². The van der Waals surface area contributed by atoms with Gasteiger partial charge in [0.15, 0.2) is 0 Å². The molecule has 1 aromatic heterocycles. The van der Waals surface area contributed by atoms with Crippen molar-refractivity contribution >= 4 is 56.5 Å². The zero-order valence-corrected chi connectivity index (χ0v) is 23.7. The van der Waals surface area contributed by atoms with E-state index in [1.54, 1.807) is 29.5 Å². The normalized spacial score (nSPS) is 12.6. The Bertz CT molecular complexity index is 1510. The van der Waals surface area contributed by atoms with Gasteiger partial charge in [-0.3, -0.25) is 9.59 Å². The summed E-state index contributed by atoms with van der Waals surface area (Å²) in [6.45, 7) is 2.24. The van der Waals surface area contributed by atoms with Crippen molar-refractivity contribution < 1.29 is 14.7 Å². The number of nitrogens with one attached hydrogen (secondary N) is 1. The number of unbranched alkanes of at least 4 members (excludes halogenated alkanes) is 1. The van der Waals surface area contributed by atoms with Crippen LogP contribution >= 0.6 is 34.5 Å². The minimum atomic E-state index is -0.957. The summed E-state index contributed by atoms with van der Waals surface area (Å²) in [4.78, 5) is 23.3. The van der Waals surface area contributed by atoms with Crippen molar-refractivity contribution in [2.45, 2.75) is 44.4 Å². The lowest BCUT2D eigenvalue weighted by molar-refractivity contribution is -0.136. The number of aliphatic carboxylic acids is 1. The van der Waals surface area contributed by atoms with E-state index in [1.165, 1.54) is 0 Å². The summed E-state index contributed by atoms with van der Waals surface area (Å²) in [5, 5.41) is 25.5. The Kier molecular flexibility index (Phi) is 9.63. The predicted molar refractivity (Wildman–Crippen MR) is 158 cm³/mol. The van der Waals surface area contributed by atoms with Crippen LogP contribution in [-0.2, 0) is 4.79 Å². The highest BCUT2D eigenvalue weighted by molar-refractivity contribution is 7.17. The third-order valence-corrected chi connectivity index (χ3v) is 8.37. The van der Waals surface area contributed by atoms with Crippen LogP contribution in [0.4, 0.5) is 0 Å². The van der Waals surface area contributed by atoms with Crippen LogP contribution in [0, 0.1) is 11.3 Å². The van der Waals surface area contributed by atoms with Crippen molar-refractivity contribution in [3.05, 3.63) is 104 Å². The molecular weight excluding hydrogens is 551 g/mol. The third kappa shape index (κ3) is 6.80. The summed E-state index contributed by atoms with van der Waals surface area (Å²) in [7, 11) is 0. The molecule has 0 aliphatic rings. The number of carboxylic acid groups (broad SMARTS) is 1. The molecule has 2 N–H and O–H groups in total.